The standard InChI is InChI=1S/C18H21NO/c1-13-7-8-17(14(2)11-13)19-12-18-16-6-4-3-5-15(16)9-10-20-18/h3-8,11,18-19H,9-10,12H2,1-2H3. The van der Waals surface area contributed by atoms with E-state index >= 15 is 0 Å². The van der Waals surface area contributed by atoms with Crippen molar-refractivity contribution < 1.29 is 4.74 Å². The lowest BCUT2D eigenvalue weighted by molar-refractivity contribution is 0.0513. The van der Waals surface area contributed by atoms with Gasteiger partial charge in [-0.2, -0.15) is 0 Å². The molecule has 3 rings (SSSR count). The van der Waals surface area contributed by atoms with E-state index in [0.717, 1.165) is 19.6 Å². The molecular weight excluding hydrogens is 246 g/mol. The second-order valence-electron chi connectivity index (χ2n) is 5.51. The van der Waals surface area contributed by atoms with Crippen LogP contribution in [0, 0.1) is 13.8 Å². The van der Waals surface area contributed by atoms with E-state index in [9.17, 15) is 0 Å². The molecular formula is C18H21NO. The molecule has 0 spiro atoms. The molecule has 0 aliphatic carbocycles. The van der Waals surface area contributed by atoms with Crippen LogP contribution < -0.4 is 5.32 Å². The van der Waals surface area contributed by atoms with Crippen molar-refractivity contribution in [2.45, 2.75) is 26.4 Å². The van der Waals surface area contributed by atoms with E-state index in [0.29, 0.717) is 0 Å². The summed E-state index contributed by atoms with van der Waals surface area (Å²) in [7, 11) is 0. The minimum Gasteiger partial charge on any atom is -0.382 e. The van der Waals surface area contributed by atoms with Crippen molar-refractivity contribution in [1.29, 1.82) is 0 Å². The Morgan fingerprint density at radius 2 is 2.00 bits per heavy atom. The highest BCUT2D eigenvalue weighted by Crippen LogP contribution is 2.27. The van der Waals surface area contributed by atoms with Crippen LogP contribution >= 0.6 is 0 Å². The molecule has 0 saturated heterocycles. The van der Waals surface area contributed by atoms with Crippen LogP contribution in [0.4, 0.5) is 5.69 Å². The normalized spacial score (nSPS) is 17.6. The van der Waals surface area contributed by atoms with Gasteiger partial charge in [0.15, 0.2) is 0 Å². The first-order valence-electron chi connectivity index (χ1n) is 7.24. The van der Waals surface area contributed by atoms with Crippen molar-refractivity contribution in [3.05, 3.63) is 64.7 Å². The predicted octanol–water partition coefficient (Wildman–Crippen LogP) is 4.03. The Labute approximate surface area is 120 Å². The van der Waals surface area contributed by atoms with Gasteiger partial charge in [0.1, 0.15) is 0 Å². The average molecular weight is 267 g/mol. The molecule has 1 aliphatic rings. The first-order valence-corrected chi connectivity index (χ1v) is 7.24. The Kier molecular flexibility index (Phi) is 3.75. The lowest BCUT2D eigenvalue weighted by Crippen LogP contribution is -2.22. The second-order valence-corrected chi connectivity index (χ2v) is 5.51. The molecule has 2 aromatic carbocycles. The minimum absolute atomic E-state index is 0.153. The fourth-order valence-electron chi connectivity index (χ4n) is 2.86. The lowest BCUT2D eigenvalue weighted by Gasteiger charge is -2.27. The summed E-state index contributed by atoms with van der Waals surface area (Å²) in [4.78, 5) is 0. The quantitative estimate of drug-likeness (QED) is 0.906. The fraction of sp³-hybridized carbons (Fsp3) is 0.333. The molecule has 20 heavy (non-hydrogen) atoms. The Morgan fingerprint density at radius 3 is 2.85 bits per heavy atom. The van der Waals surface area contributed by atoms with Crippen molar-refractivity contribution in [1.82, 2.24) is 0 Å². The smallest absolute Gasteiger partial charge is 0.0999 e. The van der Waals surface area contributed by atoms with Gasteiger partial charge in [-0.05, 0) is 43.0 Å². The van der Waals surface area contributed by atoms with Gasteiger partial charge in [-0.15, -0.1) is 0 Å². The zero-order chi connectivity index (χ0) is 13.9. The first-order chi connectivity index (χ1) is 9.74. The molecule has 1 N–H and O–H groups in total. The van der Waals surface area contributed by atoms with Crippen molar-refractivity contribution >= 4 is 5.69 Å². The van der Waals surface area contributed by atoms with Crippen LogP contribution in [0.5, 0.6) is 0 Å². The average Bonchev–Trinajstić information content (AvgIpc) is 2.46. The Morgan fingerprint density at radius 1 is 1.15 bits per heavy atom. The van der Waals surface area contributed by atoms with Crippen molar-refractivity contribution in [3.63, 3.8) is 0 Å². The SMILES string of the molecule is Cc1ccc(NCC2OCCc3ccccc32)c(C)c1. The number of hydrogen-bond acceptors (Lipinski definition) is 2. The van der Waals surface area contributed by atoms with E-state index in [1.807, 2.05) is 0 Å². The third-order valence-electron chi connectivity index (χ3n) is 3.95. The van der Waals surface area contributed by atoms with Gasteiger partial charge in [-0.25, -0.2) is 0 Å². The van der Waals surface area contributed by atoms with Gasteiger partial charge >= 0.3 is 0 Å². The number of nitrogens with one attached hydrogen (secondary N) is 1. The molecule has 0 saturated carbocycles. The van der Waals surface area contributed by atoms with E-state index < -0.39 is 0 Å². The number of ether oxygens (including phenoxy) is 1. The van der Waals surface area contributed by atoms with Crippen LogP contribution in [0.3, 0.4) is 0 Å². The Bertz CT molecular complexity index is 606. The second kappa shape index (κ2) is 5.68. The Balaban J connectivity index is 1.73. The molecule has 2 heteroatoms. The van der Waals surface area contributed by atoms with Crippen LogP contribution in [0.15, 0.2) is 42.5 Å². The number of anilines is 1. The van der Waals surface area contributed by atoms with E-state index in [2.05, 4.69) is 61.6 Å². The molecule has 1 heterocycles. The predicted molar refractivity (Wildman–Crippen MR) is 83.2 cm³/mol. The molecule has 0 amide bonds. The molecule has 0 bridgehead atoms. The van der Waals surface area contributed by atoms with Crippen LogP contribution in [0.1, 0.15) is 28.4 Å². The van der Waals surface area contributed by atoms with Crippen molar-refractivity contribution in [2.24, 2.45) is 0 Å². The first kappa shape index (κ1) is 13.2. The van der Waals surface area contributed by atoms with Gasteiger partial charge in [-0.3, -0.25) is 0 Å². The van der Waals surface area contributed by atoms with Gasteiger partial charge < -0.3 is 10.1 Å². The number of aryl methyl sites for hydroxylation is 2. The van der Waals surface area contributed by atoms with Gasteiger partial charge in [-0.1, -0.05) is 42.0 Å². The van der Waals surface area contributed by atoms with Gasteiger partial charge in [0, 0.05) is 12.2 Å². The monoisotopic (exact) mass is 267 g/mol. The lowest BCUT2D eigenvalue weighted by atomic mass is 9.97. The molecule has 0 radical (unpaired) electrons. The summed E-state index contributed by atoms with van der Waals surface area (Å²) in [5.41, 5.74) is 6.53. The van der Waals surface area contributed by atoms with E-state index in [1.165, 1.54) is 27.9 Å². The minimum atomic E-state index is 0.153. The van der Waals surface area contributed by atoms with Gasteiger partial charge in [0.2, 0.25) is 0 Å². The van der Waals surface area contributed by atoms with E-state index in [4.69, 9.17) is 4.74 Å². The number of fused-ring (bicyclic) bond motifs is 1. The summed E-state index contributed by atoms with van der Waals surface area (Å²) in [6, 6.07) is 15.1. The molecule has 0 aromatic heterocycles. The highest BCUT2D eigenvalue weighted by atomic mass is 16.5. The molecule has 2 aromatic rings. The third-order valence-corrected chi connectivity index (χ3v) is 3.95. The maximum atomic E-state index is 5.93. The molecule has 0 fully saturated rings. The molecule has 1 unspecified atom stereocenters. The maximum Gasteiger partial charge on any atom is 0.0999 e. The fourth-order valence-corrected chi connectivity index (χ4v) is 2.86. The largest absolute Gasteiger partial charge is 0.382 e. The zero-order valence-electron chi connectivity index (χ0n) is 12.1. The summed E-state index contributed by atoms with van der Waals surface area (Å²) in [6.07, 6.45) is 1.18. The summed E-state index contributed by atoms with van der Waals surface area (Å²) >= 11 is 0. The molecule has 104 valence electrons. The summed E-state index contributed by atoms with van der Waals surface area (Å²) in [6.45, 7) is 5.90. The zero-order valence-corrected chi connectivity index (χ0v) is 12.1. The van der Waals surface area contributed by atoms with Crippen LogP contribution in [0.2, 0.25) is 0 Å². The van der Waals surface area contributed by atoms with Crippen molar-refractivity contribution in [2.75, 3.05) is 18.5 Å². The number of benzene rings is 2. The highest BCUT2D eigenvalue weighted by Gasteiger charge is 2.20. The Hall–Kier alpha value is -1.80. The van der Waals surface area contributed by atoms with Crippen LogP contribution in [-0.2, 0) is 11.2 Å². The molecule has 2 nitrogen and oxygen atoms in total. The van der Waals surface area contributed by atoms with Gasteiger partial charge in [0.25, 0.3) is 0 Å². The number of rotatable bonds is 3. The third kappa shape index (κ3) is 2.70. The number of hydrogen-bond donors (Lipinski definition) is 1. The van der Waals surface area contributed by atoms with Crippen LogP contribution in [0.25, 0.3) is 0 Å². The van der Waals surface area contributed by atoms with Gasteiger partial charge in [0.05, 0.1) is 12.7 Å². The van der Waals surface area contributed by atoms with E-state index in [1.54, 1.807) is 0 Å². The molecule has 1 atom stereocenters. The molecule has 1 aliphatic heterocycles. The summed E-state index contributed by atoms with van der Waals surface area (Å²) < 4.78 is 5.93. The summed E-state index contributed by atoms with van der Waals surface area (Å²) in [5.74, 6) is 0. The van der Waals surface area contributed by atoms with E-state index in [-0.39, 0.29) is 6.10 Å². The van der Waals surface area contributed by atoms with Crippen molar-refractivity contribution in [3.8, 4) is 0 Å². The topological polar surface area (TPSA) is 21.3 Å². The van der Waals surface area contributed by atoms with Crippen LogP contribution in [-0.4, -0.2) is 13.2 Å². The maximum absolute atomic E-state index is 5.93. The summed E-state index contributed by atoms with van der Waals surface area (Å²) in [5, 5.41) is 3.53. The highest BCUT2D eigenvalue weighted by molar-refractivity contribution is 5.52.